The Morgan fingerprint density at radius 3 is 2.09 bits per heavy atom. The van der Waals surface area contributed by atoms with Crippen LogP contribution < -0.4 is 9.47 Å². The molecule has 32 heavy (non-hydrogen) atoms. The standard InChI is InChI=1S/C22H15F3N4O3/c23-16-5-1-14(2-6-16)21(30)15-3-9-18(10-4-15)31-13-20-26-27-28-29(20)17-7-11-19(12-8-17)32-22(24)25/h1-12,22H,13H2. The highest BCUT2D eigenvalue weighted by atomic mass is 19.3. The van der Waals surface area contributed by atoms with Crippen molar-refractivity contribution in [1.29, 1.82) is 0 Å². The Morgan fingerprint density at radius 2 is 1.47 bits per heavy atom. The van der Waals surface area contributed by atoms with Crippen molar-refractivity contribution in [1.82, 2.24) is 20.2 Å². The third-order valence-corrected chi connectivity index (χ3v) is 4.43. The summed E-state index contributed by atoms with van der Waals surface area (Å²) in [5.41, 5.74) is 1.35. The number of alkyl halides is 2. The van der Waals surface area contributed by atoms with Crippen LogP contribution in [0.5, 0.6) is 11.5 Å². The summed E-state index contributed by atoms with van der Waals surface area (Å²) in [5.74, 6) is 0.226. The summed E-state index contributed by atoms with van der Waals surface area (Å²) in [6.45, 7) is -2.89. The highest BCUT2D eigenvalue weighted by Crippen LogP contribution is 2.19. The van der Waals surface area contributed by atoms with Gasteiger partial charge in [0.1, 0.15) is 23.9 Å². The summed E-state index contributed by atoms with van der Waals surface area (Å²) in [5, 5.41) is 11.4. The molecule has 10 heteroatoms. The van der Waals surface area contributed by atoms with E-state index in [-0.39, 0.29) is 18.1 Å². The third kappa shape index (κ3) is 4.91. The molecule has 0 spiro atoms. The lowest BCUT2D eigenvalue weighted by atomic mass is 10.0. The van der Waals surface area contributed by atoms with E-state index in [0.29, 0.717) is 28.4 Å². The van der Waals surface area contributed by atoms with Crippen LogP contribution in [0.25, 0.3) is 5.69 Å². The quantitative estimate of drug-likeness (QED) is 0.382. The van der Waals surface area contributed by atoms with Crippen molar-refractivity contribution < 1.29 is 27.4 Å². The monoisotopic (exact) mass is 440 g/mol. The predicted octanol–water partition coefficient (Wildman–Crippen LogP) is 4.21. The molecule has 162 valence electrons. The summed E-state index contributed by atoms with van der Waals surface area (Å²) in [6, 6.07) is 17.6. The maximum Gasteiger partial charge on any atom is 0.387 e. The first-order chi connectivity index (χ1) is 15.5. The minimum Gasteiger partial charge on any atom is -0.486 e. The number of carbonyl (C=O) groups excluding carboxylic acids is 1. The molecule has 1 heterocycles. The number of ether oxygens (including phenoxy) is 2. The van der Waals surface area contributed by atoms with Gasteiger partial charge in [0, 0.05) is 11.1 Å². The molecule has 7 nitrogen and oxygen atoms in total. The first-order valence-corrected chi connectivity index (χ1v) is 9.35. The van der Waals surface area contributed by atoms with Crippen LogP contribution >= 0.6 is 0 Å². The Hall–Kier alpha value is -4.21. The molecule has 0 aliphatic heterocycles. The Labute approximate surface area is 180 Å². The Morgan fingerprint density at radius 1 is 0.875 bits per heavy atom. The predicted molar refractivity (Wildman–Crippen MR) is 106 cm³/mol. The van der Waals surface area contributed by atoms with Crippen molar-refractivity contribution in [3.8, 4) is 17.2 Å². The van der Waals surface area contributed by atoms with Gasteiger partial charge in [0.25, 0.3) is 0 Å². The van der Waals surface area contributed by atoms with Gasteiger partial charge in [-0.2, -0.15) is 13.5 Å². The Balaban J connectivity index is 1.41. The number of ketones is 1. The molecule has 0 aliphatic rings. The van der Waals surface area contributed by atoms with Crippen LogP contribution in [0.4, 0.5) is 13.2 Å². The second kappa shape index (κ2) is 9.29. The van der Waals surface area contributed by atoms with Crippen molar-refractivity contribution in [3.63, 3.8) is 0 Å². The molecular formula is C22H15F3N4O3. The molecule has 4 rings (SSSR count). The van der Waals surface area contributed by atoms with Gasteiger partial charge in [-0.1, -0.05) is 0 Å². The van der Waals surface area contributed by atoms with Gasteiger partial charge >= 0.3 is 6.61 Å². The fraction of sp³-hybridized carbons (Fsp3) is 0.0909. The van der Waals surface area contributed by atoms with Gasteiger partial charge in [-0.15, -0.1) is 5.10 Å². The Kier molecular flexibility index (Phi) is 6.11. The van der Waals surface area contributed by atoms with Crippen molar-refractivity contribution >= 4 is 5.78 Å². The number of carbonyl (C=O) groups is 1. The van der Waals surface area contributed by atoms with E-state index in [1.165, 1.54) is 53.2 Å². The number of halogens is 3. The van der Waals surface area contributed by atoms with Gasteiger partial charge in [0.2, 0.25) is 0 Å². The van der Waals surface area contributed by atoms with Crippen LogP contribution in [-0.2, 0) is 6.61 Å². The summed E-state index contributed by atoms with van der Waals surface area (Å²) >= 11 is 0. The van der Waals surface area contributed by atoms with E-state index >= 15 is 0 Å². The molecule has 0 fully saturated rings. The average Bonchev–Trinajstić information content (AvgIpc) is 3.27. The van der Waals surface area contributed by atoms with E-state index in [1.54, 1.807) is 24.3 Å². The summed E-state index contributed by atoms with van der Waals surface area (Å²) in [4.78, 5) is 12.5. The molecule has 0 radical (unpaired) electrons. The fourth-order valence-corrected chi connectivity index (χ4v) is 2.88. The fourth-order valence-electron chi connectivity index (χ4n) is 2.88. The highest BCUT2D eigenvalue weighted by molar-refractivity contribution is 6.08. The number of nitrogens with zero attached hydrogens (tertiary/aromatic N) is 4. The van der Waals surface area contributed by atoms with Gasteiger partial charge < -0.3 is 9.47 Å². The largest absolute Gasteiger partial charge is 0.486 e. The zero-order valence-corrected chi connectivity index (χ0v) is 16.4. The van der Waals surface area contributed by atoms with E-state index < -0.39 is 12.4 Å². The zero-order valence-electron chi connectivity index (χ0n) is 16.4. The molecule has 3 aromatic carbocycles. The minimum atomic E-state index is -2.91. The molecule has 0 unspecified atom stereocenters. The number of hydrogen-bond acceptors (Lipinski definition) is 6. The van der Waals surface area contributed by atoms with Crippen molar-refractivity contribution in [2.45, 2.75) is 13.2 Å². The third-order valence-electron chi connectivity index (χ3n) is 4.43. The van der Waals surface area contributed by atoms with Crippen LogP contribution in [0.3, 0.4) is 0 Å². The summed E-state index contributed by atoms with van der Waals surface area (Å²) < 4.78 is 49.0. The second-order valence-corrected chi connectivity index (χ2v) is 6.53. The SMILES string of the molecule is O=C(c1ccc(F)cc1)c1ccc(OCc2nnnn2-c2ccc(OC(F)F)cc2)cc1. The molecule has 0 bridgehead atoms. The van der Waals surface area contributed by atoms with E-state index in [9.17, 15) is 18.0 Å². The van der Waals surface area contributed by atoms with Gasteiger partial charge in [0.15, 0.2) is 11.6 Å². The van der Waals surface area contributed by atoms with E-state index in [1.807, 2.05) is 0 Å². The minimum absolute atomic E-state index is 0.0184. The molecule has 4 aromatic rings. The number of rotatable bonds is 8. The summed E-state index contributed by atoms with van der Waals surface area (Å²) in [7, 11) is 0. The molecular weight excluding hydrogens is 425 g/mol. The molecule has 1 aromatic heterocycles. The number of aromatic nitrogens is 4. The lowest BCUT2D eigenvalue weighted by molar-refractivity contribution is -0.0498. The molecule has 0 amide bonds. The van der Waals surface area contributed by atoms with Gasteiger partial charge in [-0.3, -0.25) is 4.79 Å². The Bertz CT molecular complexity index is 1190. The van der Waals surface area contributed by atoms with Crippen LogP contribution in [-0.4, -0.2) is 32.6 Å². The zero-order chi connectivity index (χ0) is 22.5. The lowest BCUT2D eigenvalue weighted by Crippen LogP contribution is -2.07. The topological polar surface area (TPSA) is 79.1 Å². The molecule has 0 saturated heterocycles. The first-order valence-electron chi connectivity index (χ1n) is 9.35. The van der Waals surface area contributed by atoms with Crippen molar-refractivity contribution in [2.75, 3.05) is 0 Å². The molecule has 0 N–H and O–H groups in total. The smallest absolute Gasteiger partial charge is 0.387 e. The van der Waals surface area contributed by atoms with Crippen LogP contribution in [0.15, 0.2) is 72.8 Å². The molecule has 0 aliphatic carbocycles. The average molecular weight is 440 g/mol. The van der Waals surface area contributed by atoms with Crippen LogP contribution in [0, 0.1) is 5.82 Å². The maximum atomic E-state index is 13.0. The van der Waals surface area contributed by atoms with Crippen molar-refractivity contribution in [2.24, 2.45) is 0 Å². The van der Waals surface area contributed by atoms with E-state index in [2.05, 4.69) is 20.3 Å². The van der Waals surface area contributed by atoms with Crippen LogP contribution in [0.2, 0.25) is 0 Å². The maximum absolute atomic E-state index is 13.0. The molecule has 0 atom stereocenters. The lowest BCUT2D eigenvalue weighted by Gasteiger charge is -2.09. The summed E-state index contributed by atoms with van der Waals surface area (Å²) in [6.07, 6.45) is 0. The van der Waals surface area contributed by atoms with Crippen LogP contribution in [0.1, 0.15) is 21.7 Å². The van der Waals surface area contributed by atoms with Gasteiger partial charge in [0.05, 0.1) is 5.69 Å². The number of benzene rings is 3. The normalized spacial score (nSPS) is 10.9. The highest BCUT2D eigenvalue weighted by Gasteiger charge is 2.12. The van der Waals surface area contributed by atoms with Gasteiger partial charge in [-0.25, -0.2) is 4.39 Å². The number of hydrogen-bond donors (Lipinski definition) is 0. The van der Waals surface area contributed by atoms with Gasteiger partial charge in [-0.05, 0) is 83.2 Å². The molecule has 0 saturated carbocycles. The van der Waals surface area contributed by atoms with E-state index in [0.717, 1.165) is 0 Å². The number of tetrazole rings is 1. The second-order valence-electron chi connectivity index (χ2n) is 6.53. The van der Waals surface area contributed by atoms with E-state index in [4.69, 9.17) is 4.74 Å². The first kappa shape index (κ1) is 21.0. The van der Waals surface area contributed by atoms with Crippen molar-refractivity contribution in [3.05, 3.63) is 95.6 Å².